The predicted molar refractivity (Wildman–Crippen MR) is 6.12 cm³/mol. The van der Waals surface area contributed by atoms with E-state index in [0.717, 1.165) is 0 Å². The fourth-order valence-electron chi connectivity index (χ4n) is 0. The van der Waals surface area contributed by atoms with Gasteiger partial charge in [-0.15, -0.1) is 0 Å². The first-order valence-corrected chi connectivity index (χ1v) is 0. The Morgan fingerprint density at radius 2 is 1.00 bits per heavy atom. The summed E-state index contributed by atoms with van der Waals surface area (Å²) in [6.45, 7) is 0. The van der Waals surface area contributed by atoms with Gasteiger partial charge in [0.2, 0.25) is 0 Å². The molecule has 0 bridgehead atoms. The van der Waals surface area contributed by atoms with Gasteiger partial charge in [-0.3, -0.25) is 9.41 Å². The van der Waals surface area contributed by atoms with Crippen molar-refractivity contribution < 1.29 is 88.4 Å². The van der Waals surface area contributed by atoms with Gasteiger partial charge in [0.05, 0.1) is 0 Å². The zero-order valence-electron chi connectivity index (χ0n) is 3.32. The molecule has 0 saturated heterocycles. The summed E-state index contributed by atoms with van der Waals surface area (Å²) in [6.07, 6.45) is 0. The van der Waals surface area contributed by atoms with Gasteiger partial charge in [0.1, 0.15) is 0 Å². The van der Waals surface area contributed by atoms with Crippen molar-refractivity contribution in [2.75, 3.05) is 0 Å². The summed E-state index contributed by atoms with van der Waals surface area (Å²) in [5, 5.41) is 0. The van der Waals surface area contributed by atoms with Crippen LogP contribution in [0, 0.1) is 0 Å². The maximum atomic E-state index is 0. The van der Waals surface area contributed by atoms with E-state index in [2.05, 4.69) is 0 Å². The first kappa shape index (κ1) is 32.6. The van der Waals surface area contributed by atoms with E-state index in [1.165, 1.54) is 0 Å². The molecule has 4 heteroatoms. The first-order chi connectivity index (χ1) is 0. The summed E-state index contributed by atoms with van der Waals surface area (Å²) < 4.78 is 0. The van der Waals surface area contributed by atoms with E-state index in [0.29, 0.717) is 0 Å². The van der Waals surface area contributed by atoms with Crippen molar-refractivity contribution in [3.05, 3.63) is 0 Å². The monoisotopic (exact) mass is 170 g/mol. The van der Waals surface area contributed by atoms with Crippen molar-refractivity contribution in [3.63, 3.8) is 0 Å². The Morgan fingerprint density at radius 3 is 1.00 bits per heavy atom. The summed E-state index contributed by atoms with van der Waals surface area (Å²) >= 11 is 0. The SMILES string of the molecule is F.F.[H-].[K+].[Zr]. The molecular formula is H3F2KZr. The standard InChI is InChI=1S/2FH.K.Zr.H/h2*1H;;;/q;;+1;;-1. The largest absolute Gasteiger partial charge is 1.00 e. The van der Waals surface area contributed by atoms with Crippen molar-refractivity contribution in [1.29, 1.82) is 0 Å². The maximum absolute atomic E-state index is 0. The summed E-state index contributed by atoms with van der Waals surface area (Å²) in [5.41, 5.74) is 0. The topological polar surface area (TPSA) is 0 Å². The van der Waals surface area contributed by atoms with Crippen LogP contribution in [0.2, 0.25) is 0 Å². The molecule has 0 nitrogen and oxygen atoms in total. The maximum Gasteiger partial charge on any atom is 1.00 e. The average molecular weight is 171 g/mol. The summed E-state index contributed by atoms with van der Waals surface area (Å²) in [5.74, 6) is 0. The van der Waals surface area contributed by atoms with E-state index in [4.69, 9.17) is 0 Å². The van der Waals surface area contributed by atoms with Crippen LogP contribution in [0.5, 0.6) is 0 Å². The van der Waals surface area contributed by atoms with Crippen LogP contribution in [0.25, 0.3) is 0 Å². The summed E-state index contributed by atoms with van der Waals surface area (Å²) in [4.78, 5) is 0. The van der Waals surface area contributed by atoms with Crippen LogP contribution < -0.4 is 51.4 Å². The third-order valence-corrected chi connectivity index (χ3v) is 0. The normalized spacial score (nSPS) is 0. The fourth-order valence-corrected chi connectivity index (χ4v) is 0. The van der Waals surface area contributed by atoms with Crippen molar-refractivity contribution >= 4 is 0 Å². The van der Waals surface area contributed by atoms with E-state index in [1.807, 2.05) is 0 Å². The van der Waals surface area contributed by atoms with E-state index < -0.39 is 0 Å². The van der Waals surface area contributed by atoms with Crippen LogP contribution in [0.1, 0.15) is 1.43 Å². The molecule has 0 aliphatic carbocycles. The second kappa shape index (κ2) is 18.2. The molecule has 4 heavy (non-hydrogen) atoms. The van der Waals surface area contributed by atoms with Crippen LogP contribution in [0.3, 0.4) is 0 Å². The molecule has 0 amide bonds. The molecule has 0 aromatic heterocycles. The molecule has 0 rings (SSSR count). The molecule has 0 fully saturated rings. The van der Waals surface area contributed by atoms with Gasteiger partial charge in [0.15, 0.2) is 0 Å². The molecule has 0 N–H and O–H groups in total. The Kier molecular flexibility index (Phi) is 149. The van der Waals surface area contributed by atoms with E-state index in [9.17, 15) is 0 Å². The first-order valence-electron chi connectivity index (χ1n) is 0. The third-order valence-electron chi connectivity index (χ3n) is 0. The Bertz CT molecular complexity index is 9.61. The number of halogens is 2. The molecular weight excluding hydrogens is 168 g/mol. The molecule has 0 atom stereocenters. The molecule has 0 heterocycles. The smallest absolute Gasteiger partial charge is 1.00 e. The zero-order chi connectivity index (χ0) is 0. The molecule has 0 radical (unpaired) electrons. The van der Waals surface area contributed by atoms with Crippen LogP contribution in [-0.2, 0) is 26.2 Å². The van der Waals surface area contributed by atoms with Gasteiger partial charge in [0.25, 0.3) is 0 Å². The van der Waals surface area contributed by atoms with Gasteiger partial charge in [0, 0.05) is 26.2 Å². The van der Waals surface area contributed by atoms with Crippen molar-refractivity contribution in [2.24, 2.45) is 0 Å². The molecule has 0 saturated carbocycles. The van der Waals surface area contributed by atoms with Gasteiger partial charge < -0.3 is 1.43 Å². The van der Waals surface area contributed by atoms with Crippen LogP contribution in [-0.4, -0.2) is 0 Å². The molecule has 0 aliphatic heterocycles. The second-order valence-corrected chi connectivity index (χ2v) is 0. The predicted octanol–water partition coefficient (Wildman–Crippen LogP) is -2.58. The minimum atomic E-state index is 0. The molecule has 0 unspecified atom stereocenters. The molecule has 0 spiro atoms. The Labute approximate surface area is 86.5 Å². The minimum absolute atomic E-state index is 0. The second-order valence-electron chi connectivity index (χ2n) is 0. The molecule has 0 aliphatic rings. The van der Waals surface area contributed by atoms with E-state index in [-0.39, 0.29) is 88.4 Å². The van der Waals surface area contributed by atoms with E-state index >= 15 is 0 Å². The zero-order valence-corrected chi connectivity index (χ0v) is 7.90. The van der Waals surface area contributed by atoms with Crippen molar-refractivity contribution in [2.45, 2.75) is 0 Å². The van der Waals surface area contributed by atoms with Crippen molar-refractivity contribution in [1.82, 2.24) is 0 Å². The number of rotatable bonds is 0. The van der Waals surface area contributed by atoms with Gasteiger partial charge in [-0.25, -0.2) is 0 Å². The Hall–Kier alpha value is 2.38. The van der Waals surface area contributed by atoms with Crippen LogP contribution >= 0.6 is 0 Å². The van der Waals surface area contributed by atoms with Crippen LogP contribution in [0.4, 0.5) is 9.41 Å². The van der Waals surface area contributed by atoms with Gasteiger partial charge in [-0.05, 0) is 0 Å². The molecule has 0 aromatic carbocycles. The number of hydrogen-bond donors (Lipinski definition) is 0. The van der Waals surface area contributed by atoms with Gasteiger partial charge >= 0.3 is 51.4 Å². The quantitative estimate of drug-likeness (QED) is 0.351. The Balaban J connectivity index is 0. The van der Waals surface area contributed by atoms with Crippen molar-refractivity contribution in [3.8, 4) is 0 Å². The van der Waals surface area contributed by atoms with Gasteiger partial charge in [-0.2, -0.15) is 0 Å². The minimum Gasteiger partial charge on any atom is -1.00 e. The molecule has 22 valence electrons. The van der Waals surface area contributed by atoms with Crippen LogP contribution in [0.15, 0.2) is 0 Å². The average Bonchev–Trinajstić information content (AvgIpc) is 0. The van der Waals surface area contributed by atoms with E-state index in [1.54, 1.807) is 0 Å². The number of hydrogen-bond acceptors (Lipinski definition) is 0. The van der Waals surface area contributed by atoms with Gasteiger partial charge in [-0.1, -0.05) is 0 Å². The molecule has 0 aromatic rings. The summed E-state index contributed by atoms with van der Waals surface area (Å²) in [6, 6.07) is 0. The Morgan fingerprint density at radius 1 is 1.00 bits per heavy atom. The fraction of sp³-hybridized carbons (Fsp3) is 0. The third kappa shape index (κ3) is 8.83. The summed E-state index contributed by atoms with van der Waals surface area (Å²) in [7, 11) is 0.